The molecule has 2 amide bonds. The summed E-state index contributed by atoms with van der Waals surface area (Å²) >= 11 is 0. The topological polar surface area (TPSA) is 98.3 Å². The fraction of sp³-hybridized carbons (Fsp3) is 0.600. The molecule has 2 heterocycles. The number of amides is 2. The van der Waals surface area contributed by atoms with Crippen LogP contribution in [0.3, 0.4) is 0 Å². The molecule has 2 N–H and O–H groups in total. The number of likely N-dealkylation sites (tertiary alicyclic amines) is 1. The number of carbonyl (C=O) groups excluding carboxylic acids is 3. The van der Waals surface area contributed by atoms with E-state index < -0.39 is 5.91 Å². The highest BCUT2D eigenvalue weighted by Crippen LogP contribution is 2.49. The number of nitrogens with zero attached hydrogens (tertiary/aromatic N) is 3. The van der Waals surface area contributed by atoms with E-state index in [1.165, 1.54) is 12.8 Å². The highest BCUT2D eigenvalue weighted by molar-refractivity contribution is 6.04. The number of hydrogen-bond acceptors (Lipinski definition) is 4. The summed E-state index contributed by atoms with van der Waals surface area (Å²) in [6.07, 6.45) is 6.95. The van der Waals surface area contributed by atoms with E-state index in [0.29, 0.717) is 34.6 Å². The third-order valence-electron chi connectivity index (χ3n) is 7.74. The van der Waals surface area contributed by atoms with Crippen molar-refractivity contribution in [3.05, 3.63) is 30.0 Å². The van der Waals surface area contributed by atoms with Crippen molar-refractivity contribution in [2.24, 2.45) is 23.0 Å². The molecule has 0 radical (unpaired) electrons. The van der Waals surface area contributed by atoms with Crippen molar-refractivity contribution in [2.75, 3.05) is 0 Å². The van der Waals surface area contributed by atoms with Gasteiger partial charge in [-0.25, -0.2) is 0 Å². The molecule has 4 atom stereocenters. The molecule has 32 heavy (non-hydrogen) atoms. The quantitative estimate of drug-likeness (QED) is 0.751. The summed E-state index contributed by atoms with van der Waals surface area (Å²) in [4.78, 5) is 40.3. The van der Waals surface area contributed by atoms with Crippen LogP contribution in [-0.2, 0) is 16.1 Å². The van der Waals surface area contributed by atoms with Crippen molar-refractivity contribution in [1.29, 1.82) is 0 Å². The van der Waals surface area contributed by atoms with Crippen molar-refractivity contribution in [2.45, 2.75) is 77.4 Å². The molecule has 2 saturated carbocycles. The molecule has 0 bridgehead atoms. The molecular weight excluding hydrogens is 404 g/mol. The number of fused-ring (bicyclic) bond motifs is 2. The minimum Gasteiger partial charge on any atom is -0.364 e. The largest absolute Gasteiger partial charge is 0.364 e. The minimum absolute atomic E-state index is 0.0112. The van der Waals surface area contributed by atoms with Crippen molar-refractivity contribution < 1.29 is 14.4 Å². The molecule has 1 aromatic heterocycles. The molecule has 0 spiro atoms. The van der Waals surface area contributed by atoms with Crippen LogP contribution in [0, 0.1) is 17.3 Å². The maximum atomic E-state index is 13.4. The van der Waals surface area contributed by atoms with E-state index in [1.807, 2.05) is 23.1 Å². The first-order chi connectivity index (χ1) is 15.2. The first-order valence-electron chi connectivity index (χ1n) is 11.8. The molecule has 7 heteroatoms. The predicted octanol–water partition coefficient (Wildman–Crippen LogP) is 3.30. The monoisotopic (exact) mass is 436 g/mol. The van der Waals surface area contributed by atoms with Gasteiger partial charge < -0.3 is 10.6 Å². The smallest absolute Gasteiger partial charge is 0.269 e. The van der Waals surface area contributed by atoms with Gasteiger partial charge in [-0.15, -0.1) is 0 Å². The van der Waals surface area contributed by atoms with Crippen LogP contribution in [0.1, 0.15) is 69.3 Å². The molecule has 3 aliphatic rings. The average Bonchev–Trinajstić information content (AvgIpc) is 3.23. The number of piperidine rings is 1. The van der Waals surface area contributed by atoms with E-state index in [9.17, 15) is 14.4 Å². The highest BCUT2D eigenvalue weighted by Gasteiger charge is 2.55. The van der Waals surface area contributed by atoms with Gasteiger partial charge in [0.2, 0.25) is 5.91 Å². The van der Waals surface area contributed by atoms with E-state index >= 15 is 0 Å². The second kappa shape index (κ2) is 7.71. The Labute approximate surface area is 188 Å². The number of benzene rings is 1. The maximum absolute atomic E-state index is 13.4. The number of para-hydroxylation sites is 1. The van der Waals surface area contributed by atoms with Crippen molar-refractivity contribution in [3.8, 4) is 0 Å². The first kappa shape index (κ1) is 21.2. The van der Waals surface area contributed by atoms with Gasteiger partial charge in [-0.2, -0.15) is 5.10 Å². The number of aromatic nitrogens is 2. The van der Waals surface area contributed by atoms with E-state index in [4.69, 9.17) is 5.73 Å². The Morgan fingerprint density at radius 1 is 1.19 bits per heavy atom. The Hall–Kier alpha value is -2.70. The fourth-order valence-electron chi connectivity index (χ4n) is 6.19. The molecule has 0 unspecified atom stereocenters. The summed E-state index contributed by atoms with van der Waals surface area (Å²) in [5.74, 6) is 0.386. The third kappa shape index (κ3) is 3.82. The maximum Gasteiger partial charge on any atom is 0.269 e. The number of rotatable bonds is 6. The number of nitrogens with two attached hydrogens (primary N) is 1. The zero-order valence-corrected chi connectivity index (χ0v) is 18.9. The lowest BCUT2D eigenvalue weighted by molar-refractivity contribution is -0.140. The van der Waals surface area contributed by atoms with Crippen LogP contribution in [0.2, 0.25) is 0 Å². The van der Waals surface area contributed by atoms with Gasteiger partial charge in [0.25, 0.3) is 5.91 Å². The lowest BCUT2D eigenvalue weighted by Crippen LogP contribution is -2.45. The van der Waals surface area contributed by atoms with Gasteiger partial charge >= 0.3 is 0 Å². The third-order valence-corrected chi connectivity index (χ3v) is 7.74. The van der Waals surface area contributed by atoms with Gasteiger partial charge in [0.05, 0.1) is 11.6 Å². The molecular formula is C25H32N4O3. The van der Waals surface area contributed by atoms with Gasteiger partial charge in [0.1, 0.15) is 6.54 Å². The SMILES string of the molecule is CC1(C)CCC[C@@H](CC(=O)[C@@H]2C[C@H]3C[C@H]3N2C(=O)Cn2nc(C(N)=O)c3ccccc32)C1. The molecule has 1 saturated heterocycles. The molecule has 5 rings (SSSR count). The summed E-state index contributed by atoms with van der Waals surface area (Å²) in [7, 11) is 0. The molecule has 2 aromatic rings. The summed E-state index contributed by atoms with van der Waals surface area (Å²) in [6.45, 7) is 4.59. The number of ketones is 1. The highest BCUT2D eigenvalue weighted by atomic mass is 16.2. The lowest BCUT2D eigenvalue weighted by Gasteiger charge is -2.36. The molecule has 3 fully saturated rings. The Morgan fingerprint density at radius 2 is 1.97 bits per heavy atom. The Morgan fingerprint density at radius 3 is 2.72 bits per heavy atom. The normalized spacial score (nSPS) is 28.5. The molecule has 2 aliphatic carbocycles. The van der Waals surface area contributed by atoms with Crippen LogP contribution >= 0.6 is 0 Å². The zero-order valence-electron chi connectivity index (χ0n) is 18.9. The van der Waals surface area contributed by atoms with Gasteiger partial charge in [-0.05, 0) is 55.4 Å². The summed E-state index contributed by atoms with van der Waals surface area (Å²) in [6, 6.07) is 7.15. The lowest BCUT2D eigenvalue weighted by atomic mass is 9.70. The van der Waals surface area contributed by atoms with Crippen LogP contribution in [0.25, 0.3) is 10.9 Å². The van der Waals surface area contributed by atoms with E-state index in [1.54, 1.807) is 10.7 Å². The van der Waals surface area contributed by atoms with Crippen LogP contribution in [0.4, 0.5) is 0 Å². The van der Waals surface area contributed by atoms with E-state index in [0.717, 1.165) is 25.7 Å². The molecule has 170 valence electrons. The second-order valence-electron chi connectivity index (χ2n) is 10.8. The summed E-state index contributed by atoms with van der Waals surface area (Å²) < 4.78 is 1.55. The molecule has 1 aliphatic heterocycles. The molecule has 7 nitrogen and oxygen atoms in total. The van der Waals surface area contributed by atoms with Crippen molar-refractivity contribution in [1.82, 2.24) is 14.7 Å². The van der Waals surface area contributed by atoms with Crippen molar-refractivity contribution >= 4 is 28.5 Å². The Kier molecular flexibility index (Phi) is 5.10. The van der Waals surface area contributed by atoms with Gasteiger partial charge in [-0.3, -0.25) is 19.1 Å². The van der Waals surface area contributed by atoms with Gasteiger partial charge in [0.15, 0.2) is 11.5 Å². The predicted molar refractivity (Wildman–Crippen MR) is 121 cm³/mol. The average molecular weight is 437 g/mol. The number of carbonyl (C=O) groups is 3. The van der Waals surface area contributed by atoms with Crippen LogP contribution in [-0.4, -0.2) is 44.4 Å². The van der Waals surface area contributed by atoms with Gasteiger partial charge in [0, 0.05) is 17.8 Å². The molecule has 1 aromatic carbocycles. The fourth-order valence-corrected chi connectivity index (χ4v) is 6.19. The van der Waals surface area contributed by atoms with Crippen molar-refractivity contribution in [3.63, 3.8) is 0 Å². The van der Waals surface area contributed by atoms with Crippen LogP contribution in [0.5, 0.6) is 0 Å². The van der Waals surface area contributed by atoms with Crippen LogP contribution < -0.4 is 5.73 Å². The summed E-state index contributed by atoms with van der Waals surface area (Å²) in [5, 5.41) is 4.97. The van der Waals surface area contributed by atoms with E-state index in [2.05, 4.69) is 18.9 Å². The zero-order chi connectivity index (χ0) is 22.6. The number of Topliss-reactive ketones (excluding diaryl/α,β-unsaturated/α-hetero) is 1. The first-order valence-corrected chi connectivity index (χ1v) is 11.8. The Balaban J connectivity index is 1.33. The summed E-state index contributed by atoms with van der Waals surface area (Å²) in [5.41, 5.74) is 6.67. The second-order valence-corrected chi connectivity index (χ2v) is 10.8. The Bertz CT molecular complexity index is 1090. The number of primary amides is 1. The van der Waals surface area contributed by atoms with E-state index in [-0.39, 0.29) is 36.0 Å². The minimum atomic E-state index is -0.612. The van der Waals surface area contributed by atoms with Crippen LogP contribution in [0.15, 0.2) is 24.3 Å². The number of hydrogen-bond donors (Lipinski definition) is 1. The van der Waals surface area contributed by atoms with Gasteiger partial charge in [-0.1, -0.05) is 38.5 Å². The standard InChI is InChI=1S/C25H32N4O3/c1-25(2)9-5-6-15(13-25)10-21(30)20-12-16-11-19(16)29(20)22(31)14-28-18-8-4-3-7-17(18)23(27-28)24(26)32/h3-4,7-8,15-16,19-20H,5-6,9-14H2,1-2H3,(H2,26,32)/t15-,16+,19+,20-/m0/s1.